The minimum atomic E-state index is -3.33. The maximum Gasteiger partial charge on any atom is 0.233 e. The number of sulfonamides is 1. The molecule has 0 atom stereocenters. The fraction of sp³-hybridized carbons (Fsp3) is 0.625. The fourth-order valence-electron chi connectivity index (χ4n) is 1.09. The van der Waals surface area contributed by atoms with Crippen LogP contribution in [0.4, 0.5) is 0 Å². The lowest BCUT2D eigenvalue weighted by Gasteiger charge is -1.99. The highest BCUT2D eigenvalue weighted by Gasteiger charge is 2.01. The molecule has 26 heavy (non-hydrogen) atoms. The van der Waals surface area contributed by atoms with Gasteiger partial charge in [-0.3, -0.25) is 0 Å². The van der Waals surface area contributed by atoms with Gasteiger partial charge in [0, 0.05) is 41.4 Å². The van der Waals surface area contributed by atoms with Crippen LogP contribution in [-0.4, -0.2) is 41.6 Å². The highest BCUT2D eigenvalue weighted by molar-refractivity contribution is 8.13. The monoisotopic (exact) mass is 446 g/mol. The van der Waals surface area contributed by atoms with Crippen molar-refractivity contribution in [2.24, 2.45) is 5.73 Å². The number of alkyl halides is 1. The van der Waals surface area contributed by atoms with Gasteiger partial charge in [-0.2, -0.15) is 0 Å². The first-order chi connectivity index (χ1) is 12.1. The van der Waals surface area contributed by atoms with Crippen molar-refractivity contribution in [1.29, 1.82) is 0 Å². The molecule has 0 aromatic heterocycles. The van der Waals surface area contributed by atoms with Crippen LogP contribution < -0.4 is 10.5 Å². The molecule has 0 fully saturated rings. The lowest BCUT2D eigenvalue weighted by Crippen LogP contribution is -2.21. The Balaban J connectivity index is -0.000000326. The third-order valence-electron chi connectivity index (χ3n) is 2.37. The molecule has 3 N–H and O–H groups in total. The van der Waals surface area contributed by atoms with E-state index in [4.69, 9.17) is 40.9 Å². The molecule has 0 saturated heterocycles. The van der Waals surface area contributed by atoms with Crippen molar-refractivity contribution in [3.8, 4) is 24.7 Å². The van der Waals surface area contributed by atoms with Crippen molar-refractivity contribution in [2.45, 2.75) is 38.5 Å². The maximum absolute atomic E-state index is 10.8. The number of nitrogens with one attached hydrogen (secondary N) is 1. The Morgan fingerprint density at radius 1 is 1.04 bits per heavy atom. The Kier molecular flexibility index (Phi) is 23.7. The average Bonchev–Trinajstić information content (AvgIpc) is 2.55. The van der Waals surface area contributed by atoms with Gasteiger partial charge in [-0.1, -0.05) is 6.58 Å². The first-order valence-electron chi connectivity index (χ1n) is 7.77. The van der Waals surface area contributed by atoms with Gasteiger partial charge >= 0.3 is 0 Å². The molecule has 0 radical (unpaired) electrons. The first kappa shape index (κ1) is 30.0. The van der Waals surface area contributed by atoms with Gasteiger partial charge in [0.05, 0.1) is 5.75 Å². The molecule has 0 bridgehead atoms. The van der Waals surface area contributed by atoms with E-state index in [0.717, 1.165) is 44.1 Å². The van der Waals surface area contributed by atoms with Crippen LogP contribution in [0.25, 0.3) is 0 Å². The molecule has 0 amide bonds. The Labute approximate surface area is 168 Å². The number of terminal acetylenes is 2. The second-order valence-corrected chi connectivity index (χ2v) is 9.64. The molecule has 0 aliphatic carbocycles. The Morgan fingerprint density at radius 2 is 1.54 bits per heavy atom. The second kappa shape index (κ2) is 20.6. The van der Waals surface area contributed by atoms with Crippen LogP contribution in [0, 0.1) is 24.7 Å². The van der Waals surface area contributed by atoms with Crippen molar-refractivity contribution in [3.05, 3.63) is 12.0 Å². The van der Waals surface area contributed by atoms with E-state index < -0.39 is 19.1 Å². The topological polar surface area (TPSA) is 106 Å². The number of nitrogens with two attached hydrogens (primary N) is 1. The summed E-state index contributed by atoms with van der Waals surface area (Å²) in [5.74, 6) is 4.93. The van der Waals surface area contributed by atoms with Gasteiger partial charge in [0.1, 0.15) is 0 Å². The van der Waals surface area contributed by atoms with E-state index in [1.54, 1.807) is 0 Å². The van der Waals surface area contributed by atoms with Crippen molar-refractivity contribution in [2.75, 3.05) is 24.7 Å². The third-order valence-corrected chi connectivity index (χ3v) is 4.98. The maximum atomic E-state index is 10.8. The van der Waals surface area contributed by atoms with E-state index in [9.17, 15) is 16.8 Å². The van der Waals surface area contributed by atoms with E-state index in [1.165, 1.54) is 0 Å². The zero-order chi connectivity index (χ0) is 20.9. The molecule has 152 valence electrons. The summed E-state index contributed by atoms with van der Waals surface area (Å²) < 4.78 is 43.7. The average molecular weight is 447 g/mol. The zero-order valence-electron chi connectivity index (χ0n) is 14.8. The summed E-state index contributed by atoms with van der Waals surface area (Å²) in [7, 11) is -1.86. The summed E-state index contributed by atoms with van der Waals surface area (Å²) in [5.41, 5.74) is 5.20. The highest BCUT2D eigenvalue weighted by Crippen LogP contribution is 1.95. The summed E-state index contributed by atoms with van der Waals surface area (Å²) in [6.45, 7) is 4.36. The summed E-state index contributed by atoms with van der Waals surface area (Å²) >= 11 is 5.02. The number of hydrogen-bond donors (Lipinski definition) is 2. The number of hydrogen-bond acceptors (Lipinski definition) is 5. The molecule has 0 rings (SSSR count). The Hall–Kier alpha value is -0.740. The molecular formula is C16H28Cl2N2O4S2. The molecular weight excluding hydrogens is 419 g/mol. The van der Waals surface area contributed by atoms with Crippen LogP contribution in [0.5, 0.6) is 0 Å². The molecule has 10 heteroatoms. The molecule has 0 aliphatic rings. The van der Waals surface area contributed by atoms with Crippen LogP contribution in [-0.2, 0) is 19.1 Å². The molecule has 0 unspecified atom stereocenters. The van der Waals surface area contributed by atoms with Crippen LogP contribution in [0.15, 0.2) is 12.0 Å². The Morgan fingerprint density at radius 3 is 1.85 bits per heavy atom. The molecule has 0 aromatic carbocycles. The van der Waals surface area contributed by atoms with Gasteiger partial charge in [-0.05, 0) is 32.2 Å². The molecule has 0 saturated carbocycles. The molecule has 6 nitrogen and oxygen atoms in total. The number of rotatable bonds is 11. The minimum Gasteiger partial charge on any atom is -0.330 e. The quantitative estimate of drug-likeness (QED) is 0.219. The van der Waals surface area contributed by atoms with E-state index in [1.807, 2.05) is 0 Å². The molecule has 0 heterocycles. The van der Waals surface area contributed by atoms with Gasteiger partial charge < -0.3 is 5.73 Å². The molecule has 0 aromatic rings. The normalized spacial score (nSPS) is 10.2. The lowest BCUT2D eigenvalue weighted by molar-refractivity contribution is 0.586. The summed E-state index contributed by atoms with van der Waals surface area (Å²) in [6, 6.07) is 0. The number of unbranched alkanes of at least 4 members (excludes halogenated alkanes) is 4. The third kappa shape index (κ3) is 34.6. The SMILES string of the molecule is C#CCCCCN.C#CCCCCNS(=O)(=O)C=C.O=S(=O)(Cl)CCCl. The molecule has 0 aliphatic heterocycles. The Bertz CT molecular complexity index is 622. The summed E-state index contributed by atoms with van der Waals surface area (Å²) in [4.78, 5) is 0. The van der Waals surface area contributed by atoms with Gasteiger partial charge in [0.2, 0.25) is 19.1 Å². The van der Waals surface area contributed by atoms with E-state index >= 15 is 0 Å². The summed E-state index contributed by atoms with van der Waals surface area (Å²) in [5, 5.41) is 0.897. The van der Waals surface area contributed by atoms with Crippen molar-refractivity contribution in [3.63, 3.8) is 0 Å². The van der Waals surface area contributed by atoms with Crippen molar-refractivity contribution in [1.82, 2.24) is 4.72 Å². The largest absolute Gasteiger partial charge is 0.330 e. The number of halogens is 2. The van der Waals surface area contributed by atoms with Crippen molar-refractivity contribution < 1.29 is 16.8 Å². The van der Waals surface area contributed by atoms with Crippen LogP contribution in [0.1, 0.15) is 38.5 Å². The van der Waals surface area contributed by atoms with Crippen LogP contribution in [0.3, 0.4) is 0 Å². The smallest absolute Gasteiger partial charge is 0.233 e. The van der Waals surface area contributed by atoms with Gasteiger partial charge in [-0.15, -0.1) is 36.3 Å². The standard InChI is InChI=1S/C8H13NO2S.C6H11N.C2H4Cl2O2S/c1-3-5-6-7-8-9-12(10,11)4-2;1-2-3-4-5-6-7;3-1-2-7(4,5)6/h1,4,9H,2,5-8H2;1H,3-7H2;1-2H2. The lowest BCUT2D eigenvalue weighted by atomic mass is 10.2. The van der Waals surface area contributed by atoms with Crippen LogP contribution >= 0.6 is 22.3 Å². The van der Waals surface area contributed by atoms with Gasteiger partial charge in [0.25, 0.3) is 0 Å². The van der Waals surface area contributed by atoms with Gasteiger partial charge in [0.15, 0.2) is 0 Å². The molecule has 0 spiro atoms. The van der Waals surface area contributed by atoms with E-state index in [0.29, 0.717) is 13.0 Å². The first-order valence-corrected chi connectivity index (χ1v) is 12.3. The highest BCUT2D eigenvalue weighted by atomic mass is 35.7. The van der Waals surface area contributed by atoms with Gasteiger partial charge in [-0.25, -0.2) is 21.6 Å². The minimum absolute atomic E-state index is 0.0613. The second-order valence-electron chi connectivity index (χ2n) is 4.65. The zero-order valence-corrected chi connectivity index (χ0v) is 17.9. The van der Waals surface area contributed by atoms with E-state index in [2.05, 4.69) is 23.1 Å². The predicted molar refractivity (Wildman–Crippen MR) is 112 cm³/mol. The van der Waals surface area contributed by atoms with Crippen LogP contribution in [0.2, 0.25) is 0 Å². The van der Waals surface area contributed by atoms with E-state index in [-0.39, 0.29) is 11.6 Å². The fourth-order valence-corrected chi connectivity index (χ4v) is 2.90. The van der Waals surface area contributed by atoms with Crippen molar-refractivity contribution >= 4 is 41.4 Å². The predicted octanol–water partition coefficient (Wildman–Crippen LogP) is 2.40. The summed E-state index contributed by atoms with van der Waals surface area (Å²) in [6.07, 6.45) is 15.3.